The Morgan fingerprint density at radius 2 is 2.15 bits per heavy atom. The van der Waals surface area contributed by atoms with Crippen LogP contribution >= 0.6 is 0 Å². The van der Waals surface area contributed by atoms with Crippen LogP contribution in [-0.2, 0) is 20.9 Å². The first-order valence-corrected chi connectivity index (χ1v) is 9.78. The van der Waals surface area contributed by atoms with E-state index in [-0.39, 0.29) is 29.9 Å². The molecular formula is C20H27N3O4. The number of hydrogen-bond donors (Lipinski definition) is 1. The number of hydrogen-bond acceptors (Lipinski definition) is 5. The van der Waals surface area contributed by atoms with E-state index in [9.17, 15) is 14.7 Å². The number of likely N-dealkylation sites (N-methyl/N-ethyl adjacent to an activating group) is 1. The van der Waals surface area contributed by atoms with E-state index in [1.54, 1.807) is 18.1 Å². The molecule has 3 atom stereocenters. The maximum atomic E-state index is 12.8. The van der Waals surface area contributed by atoms with Crippen LogP contribution in [-0.4, -0.2) is 70.2 Å². The molecule has 0 aromatic carbocycles. The van der Waals surface area contributed by atoms with Crippen LogP contribution in [0.5, 0.6) is 0 Å². The van der Waals surface area contributed by atoms with Crippen LogP contribution in [0.1, 0.15) is 31.4 Å². The number of fused-ring (bicyclic) bond motifs is 1. The normalized spacial score (nSPS) is 32.5. The van der Waals surface area contributed by atoms with Gasteiger partial charge in [0.1, 0.15) is 6.10 Å². The third kappa shape index (κ3) is 3.84. The predicted octanol–water partition coefficient (Wildman–Crippen LogP) is 0.817. The van der Waals surface area contributed by atoms with Crippen molar-refractivity contribution in [2.75, 3.05) is 20.1 Å². The molecule has 7 nitrogen and oxygen atoms in total. The van der Waals surface area contributed by atoms with Gasteiger partial charge < -0.3 is 19.6 Å². The third-order valence-corrected chi connectivity index (χ3v) is 6.10. The number of carbonyl (C=O) groups is 2. The summed E-state index contributed by atoms with van der Waals surface area (Å²) in [5, 5.41) is 9.43. The van der Waals surface area contributed by atoms with Crippen molar-refractivity contribution in [3.05, 3.63) is 30.1 Å². The fraction of sp³-hybridized carbons (Fsp3) is 0.650. The number of ether oxygens (including phenoxy) is 1. The van der Waals surface area contributed by atoms with E-state index in [0.717, 1.165) is 25.1 Å². The Morgan fingerprint density at radius 1 is 1.33 bits per heavy atom. The van der Waals surface area contributed by atoms with Crippen LogP contribution in [0.4, 0.5) is 0 Å². The highest BCUT2D eigenvalue weighted by atomic mass is 16.5. The largest absolute Gasteiger partial charge is 0.393 e. The van der Waals surface area contributed by atoms with Gasteiger partial charge in [0.2, 0.25) is 5.91 Å². The van der Waals surface area contributed by atoms with Crippen molar-refractivity contribution in [3.8, 4) is 0 Å². The lowest BCUT2D eigenvalue weighted by atomic mass is 9.80. The number of carbonyl (C=O) groups excluding carboxylic acids is 2. The molecule has 1 aliphatic carbocycles. The second-order valence-corrected chi connectivity index (χ2v) is 8.07. The standard InChI is InChI=1S/C20H27N3O4/c1-22(11-15-4-2-3-6-21-15)20(26)17-10-13-5-7-23(12-18(13)27-17)19(25)14-8-16(24)9-14/h2-4,6,13-14,16-18,24H,5,7-12H2,1H3/t13-,14?,16?,17?,18-/m0/s1. The van der Waals surface area contributed by atoms with Crippen molar-refractivity contribution < 1.29 is 19.4 Å². The molecule has 3 aliphatic rings. The second kappa shape index (κ2) is 7.56. The summed E-state index contributed by atoms with van der Waals surface area (Å²) < 4.78 is 6.06. The summed E-state index contributed by atoms with van der Waals surface area (Å²) in [5.74, 6) is 0.401. The summed E-state index contributed by atoms with van der Waals surface area (Å²) in [7, 11) is 1.78. The molecule has 146 valence electrons. The summed E-state index contributed by atoms with van der Waals surface area (Å²) in [5.41, 5.74) is 0.850. The third-order valence-electron chi connectivity index (χ3n) is 6.10. The Morgan fingerprint density at radius 3 is 2.85 bits per heavy atom. The van der Waals surface area contributed by atoms with Crippen molar-refractivity contribution in [3.63, 3.8) is 0 Å². The van der Waals surface area contributed by atoms with Crippen LogP contribution in [0.25, 0.3) is 0 Å². The van der Waals surface area contributed by atoms with E-state index < -0.39 is 6.10 Å². The van der Waals surface area contributed by atoms with Crippen LogP contribution in [0.15, 0.2) is 24.4 Å². The van der Waals surface area contributed by atoms with Gasteiger partial charge in [0.15, 0.2) is 0 Å². The summed E-state index contributed by atoms with van der Waals surface area (Å²) in [6.45, 7) is 1.74. The molecule has 0 spiro atoms. The Kier molecular flexibility index (Phi) is 5.14. The molecule has 2 saturated heterocycles. The highest BCUT2D eigenvalue weighted by molar-refractivity contribution is 5.81. The number of nitrogens with zero attached hydrogens (tertiary/aromatic N) is 3. The number of rotatable bonds is 4. The molecule has 1 saturated carbocycles. The van der Waals surface area contributed by atoms with E-state index >= 15 is 0 Å². The fourth-order valence-electron chi connectivity index (χ4n) is 4.40. The number of likely N-dealkylation sites (tertiary alicyclic amines) is 1. The molecule has 1 unspecified atom stereocenters. The summed E-state index contributed by atoms with van der Waals surface area (Å²) in [6.07, 6.45) is 3.64. The summed E-state index contributed by atoms with van der Waals surface area (Å²) in [4.78, 5) is 33.1. The van der Waals surface area contributed by atoms with Crippen molar-refractivity contribution in [1.82, 2.24) is 14.8 Å². The molecule has 3 fully saturated rings. The van der Waals surface area contributed by atoms with Gasteiger partial charge in [-0.15, -0.1) is 0 Å². The highest BCUT2D eigenvalue weighted by Gasteiger charge is 2.45. The maximum absolute atomic E-state index is 12.8. The minimum Gasteiger partial charge on any atom is -0.393 e. The summed E-state index contributed by atoms with van der Waals surface area (Å²) >= 11 is 0. The lowest BCUT2D eigenvalue weighted by molar-refractivity contribution is -0.149. The predicted molar refractivity (Wildman–Crippen MR) is 97.4 cm³/mol. The fourth-order valence-corrected chi connectivity index (χ4v) is 4.40. The zero-order valence-corrected chi connectivity index (χ0v) is 15.7. The van der Waals surface area contributed by atoms with Crippen molar-refractivity contribution in [2.45, 2.75) is 50.5 Å². The molecule has 3 heterocycles. The first-order valence-electron chi connectivity index (χ1n) is 9.78. The topological polar surface area (TPSA) is 83.0 Å². The molecule has 1 N–H and O–H groups in total. The molecule has 0 bridgehead atoms. The molecule has 2 amide bonds. The zero-order chi connectivity index (χ0) is 19.0. The van der Waals surface area contributed by atoms with E-state index in [0.29, 0.717) is 31.8 Å². The lowest BCUT2D eigenvalue weighted by Crippen LogP contribution is -2.50. The minimum absolute atomic E-state index is 0.0185. The molecule has 4 rings (SSSR count). The Hall–Kier alpha value is -1.99. The van der Waals surface area contributed by atoms with Crippen LogP contribution in [0.3, 0.4) is 0 Å². The van der Waals surface area contributed by atoms with Crippen LogP contribution in [0.2, 0.25) is 0 Å². The van der Waals surface area contributed by atoms with Gasteiger partial charge in [-0.25, -0.2) is 0 Å². The van der Waals surface area contributed by atoms with Crippen molar-refractivity contribution in [2.24, 2.45) is 11.8 Å². The summed E-state index contributed by atoms with van der Waals surface area (Å²) in [6, 6.07) is 5.67. The van der Waals surface area contributed by atoms with E-state index in [1.807, 2.05) is 23.1 Å². The zero-order valence-electron chi connectivity index (χ0n) is 15.7. The second-order valence-electron chi connectivity index (χ2n) is 8.07. The monoisotopic (exact) mass is 373 g/mol. The van der Waals surface area contributed by atoms with Crippen LogP contribution < -0.4 is 0 Å². The molecule has 1 aromatic rings. The first kappa shape index (κ1) is 18.4. The molecule has 27 heavy (non-hydrogen) atoms. The molecule has 2 aliphatic heterocycles. The average Bonchev–Trinajstić information content (AvgIpc) is 3.08. The van der Waals surface area contributed by atoms with Gasteiger partial charge in [-0.2, -0.15) is 0 Å². The Bertz CT molecular complexity index is 692. The number of aliphatic hydroxyl groups is 1. The molecular weight excluding hydrogens is 346 g/mol. The van der Waals surface area contributed by atoms with E-state index in [4.69, 9.17) is 4.74 Å². The van der Waals surface area contributed by atoms with E-state index in [1.165, 1.54) is 0 Å². The number of piperidine rings is 1. The minimum atomic E-state index is -0.436. The smallest absolute Gasteiger partial charge is 0.251 e. The number of amides is 2. The van der Waals surface area contributed by atoms with Gasteiger partial charge in [-0.05, 0) is 43.7 Å². The van der Waals surface area contributed by atoms with Crippen LogP contribution in [0, 0.1) is 11.8 Å². The van der Waals surface area contributed by atoms with E-state index in [2.05, 4.69) is 4.98 Å². The number of aromatic nitrogens is 1. The van der Waals surface area contributed by atoms with Gasteiger partial charge in [0, 0.05) is 32.3 Å². The molecule has 7 heteroatoms. The van der Waals surface area contributed by atoms with Gasteiger partial charge in [0.05, 0.1) is 24.4 Å². The average molecular weight is 373 g/mol. The maximum Gasteiger partial charge on any atom is 0.251 e. The number of pyridine rings is 1. The van der Waals surface area contributed by atoms with Crippen molar-refractivity contribution >= 4 is 11.8 Å². The SMILES string of the molecule is CN(Cc1ccccn1)C(=O)C1C[C@@H]2CCN(C(=O)C3CC(O)C3)C[C@@H]2O1. The van der Waals surface area contributed by atoms with Gasteiger partial charge in [-0.3, -0.25) is 14.6 Å². The van der Waals surface area contributed by atoms with Gasteiger partial charge in [0.25, 0.3) is 5.91 Å². The first-order chi connectivity index (χ1) is 13.0. The quantitative estimate of drug-likeness (QED) is 0.845. The van der Waals surface area contributed by atoms with Gasteiger partial charge >= 0.3 is 0 Å². The Balaban J connectivity index is 1.31. The van der Waals surface area contributed by atoms with Crippen molar-refractivity contribution in [1.29, 1.82) is 0 Å². The molecule has 0 radical (unpaired) electrons. The lowest BCUT2D eigenvalue weighted by Gasteiger charge is -2.39. The van der Waals surface area contributed by atoms with Gasteiger partial charge in [-0.1, -0.05) is 6.07 Å². The highest BCUT2D eigenvalue weighted by Crippen LogP contribution is 2.36. The Labute approximate surface area is 159 Å². The molecule has 1 aromatic heterocycles. The number of aliphatic hydroxyl groups excluding tert-OH is 1.